The average Bonchev–Trinajstić information content (AvgIpc) is 3.14. The summed E-state index contributed by atoms with van der Waals surface area (Å²) >= 11 is 0. The maximum absolute atomic E-state index is 12.8. The molecule has 5 rings (SSSR count). The quantitative estimate of drug-likeness (QED) is 0.687. The number of hydrogen-bond donors (Lipinski definition) is 2. The van der Waals surface area contributed by atoms with Crippen LogP contribution in [-0.4, -0.2) is 60.9 Å². The van der Waals surface area contributed by atoms with Crippen molar-refractivity contribution in [3.05, 3.63) is 29.0 Å². The topological polar surface area (TPSA) is 84.2 Å². The molecule has 2 fully saturated rings. The van der Waals surface area contributed by atoms with Crippen LogP contribution in [0.4, 0.5) is 0 Å². The molecule has 7 heteroatoms. The Morgan fingerprint density at radius 2 is 2.00 bits per heavy atom. The number of amides is 1. The lowest BCUT2D eigenvalue weighted by Crippen LogP contribution is -2.42. The van der Waals surface area contributed by atoms with Crippen molar-refractivity contribution < 1.29 is 23.8 Å². The molecule has 2 N–H and O–H groups in total. The van der Waals surface area contributed by atoms with Gasteiger partial charge in [0.15, 0.2) is 5.76 Å². The zero-order valence-corrected chi connectivity index (χ0v) is 19.0. The number of hydrogen-bond acceptors (Lipinski definition) is 6. The zero-order chi connectivity index (χ0) is 22.1. The number of rotatable bonds is 5. The fourth-order valence-electron chi connectivity index (χ4n) is 5.63. The largest absolute Gasteiger partial charge is 0.487 e. The second-order valence-electron chi connectivity index (χ2n) is 9.54. The molecule has 1 aromatic carbocycles. The maximum Gasteiger partial charge on any atom is 0.287 e. The SMILES string of the molecule is Cc1c(C(=O)NCCCN2CCOCC2)oc2ccc3c(c12)C(O)CC1(CCCCC1)O3. The van der Waals surface area contributed by atoms with Crippen molar-refractivity contribution in [2.75, 3.05) is 39.4 Å². The van der Waals surface area contributed by atoms with E-state index < -0.39 is 6.10 Å². The Kier molecular flexibility index (Phi) is 6.14. The summed E-state index contributed by atoms with van der Waals surface area (Å²) in [6.45, 7) is 6.91. The first kappa shape index (κ1) is 21.7. The Morgan fingerprint density at radius 1 is 1.22 bits per heavy atom. The Hall–Kier alpha value is -2.09. The van der Waals surface area contributed by atoms with Gasteiger partial charge in [0.1, 0.15) is 16.9 Å². The van der Waals surface area contributed by atoms with Crippen LogP contribution in [0.25, 0.3) is 11.0 Å². The van der Waals surface area contributed by atoms with Gasteiger partial charge in [-0.15, -0.1) is 0 Å². The normalized spacial score (nSPS) is 23.1. The van der Waals surface area contributed by atoms with Crippen LogP contribution in [0.5, 0.6) is 5.75 Å². The van der Waals surface area contributed by atoms with E-state index in [1.165, 1.54) is 6.42 Å². The van der Waals surface area contributed by atoms with Crippen LogP contribution in [0.2, 0.25) is 0 Å². The van der Waals surface area contributed by atoms with E-state index in [9.17, 15) is 9.90 Å². The number of morpholine rings is 1. The Bertz CT molecular complexity index is 972. The molecule has 1 atom stereocenters. The number of furan rings is 1. The highest BCUT2D eigenvalue weighted by atomic mass is 16.5. The summed E-state index contributed by atoms with van der Waals surface area (Å²) in [6, 6.07) is 3.76. The monoisotopic (exact) mass is 442 g/mol. The molecule has 1 spiro atoms. The van der Waals surface area contributed by atoms with E-state index in [-0.39, 0.29) is 11.5 Å². The number of carbonyl (C=O) groups excluding carboxylic acids is 1. The van der Waals surface area contributed by atoms with Crippen LogP contribution >= 0.6 is 0 Å². The van der Waals surface area contributed by atoms with Crippen molar-refractivity contribution in [3.8, 4) is 5.75 Å². The van der Waals surface area contributed by atoms with Crippen LogP contribution in [0, 0.1) is 6.92 Å². The fourth-order valence-corrected chi connectivity index (χ4v) is 5.63. The summed E-state index contributed by atoms with van der Waals surface area (Å²) in [5.74, 6) is 0.855. The van der Waals surface area contributed by atoms with Gasteiger partial charge in [-0.05, 0) is 57.7 Å². The number of fused-ring (bicyclic) bond motifs is 3. The molecule has 1 saturated carbocycles. The molecule has 1 saturated heterocycles. The Labute approximate surface area is 189 Å². The number of carbonyl (C=O) groups is 1. The lowest BCUT2D eigenvalue weighted by molar-refractivity contribution is -0.0373. The summed E-state index contributed by atoms with van der Waals surface area (Å²) in [4.78, 5) is 15.2. The van der Waals surface area contributed by atoms with E-state index in [4.69, 9.17) is 13.9 Å². The van der Waals surface area contributed by atoms with E-state index in [0.717, 1.165) is 87.2 Å². The van der Waals surface area contributed by atoms with Gasteiger partial charge in [0.05, 0.1) is 19.3 Å². The van der Waals surface area contributed by atoms with Crippen LogP contribution in [0.3, 0.4) is 0 Å². The lowest BCUT2D eigenvalue weighted by atomic mass is 9.77. The first-order valence-corrected chi connectivity index (χ1v) is 12.1. The molecule has 2 aromatic rings. The standard InChI is InChI=1S/C25H34N2O5/c1-17-21-19(31-23(17)24(29)26-10-5-11-27-12-14-30-15-13-27)6-7-20-22(21)18(28)16-25(32-20)8-3-2-4-9-25/h6-7,18,28H,2-5,8-16H2,1H3,(H,26,29). The van der Waals surface area contributed by atoms with E-state index in [0.29, 0.717) is 24.3 Å². The number of aliphatic hydroxyl groups is 1. The summed E-state index contributed by atoms with van der Waals surface area (Å²) < 4.78 is 17.8. The highest BCUT2D eigenvalue weighted by Gasteiger charge is 2.42. The summed E-state index contributed by atoms with van der Waals surface area (Å²) in [6.07, 6.45) is 6.38. The lowest BCUT2D eigenvalue weighted by Gasteiger charge is -2.43. The third-order valence-electron chi connectivity index (χ3n) is 7.33. The van der Waals surface area contributed by atoms with E-state index in [2.05, 4.69) is 10.2 Å². The fraction of sp³-hybridized carbons (Fsp3) is 0.640. The van der Waals surface area contributed by atoms with Gasteiger partial charge in [-0.1, -0.05) is 6.42 Å². The molecule has 0 radical (unpaired) electrons. The minimum Gasteiger partial charge on any atom is -0.487 e. The minimum atomic E-state index is -0.610. The molecular formula is C25H34N2O5. The molecule has 1 unspecified atom stereocenters. The van der Waals surface area contributed by atoms with Crippen molar-refractivity contribution in [1.82, 2.24) is 10.2 Å². The minimum absolute atomic E-state index is 0.204. The van der Waals surface area contributed by atoms with Gasteiger partial charge in [0.2, 0.25) is 0 Å². The van der Waals surface area contributed by atoms with E-state index in [1.807, 2.05) is 19.1 Å². The molecule has 174 valence electrons. The second-order valence-corrected chi connectivity index (χ2v) is 9.54. The highest BCUT2D eigenvalue weighted by Crippen LogP contribution is 2.49. The Morgan fingerprint density at radius 3 is 2.78 bits per heavy atom. The summed E-state index contributed by atoms with van der Waals surface area (Å²) in [5, 5.41) is 14.9. The molecule has 2 aliphatic heterocycles. The van der Waals surface area contributed by atoms with Gasteiger partial charge in [0, 0.05) is 42.6 Å². The number of nitrogens with one attached hydrogen (secondary N) is 1. The molecule has 32 heavy (non-hydrogen) atoms. The van der Waals surface area contributed by atoms with E-state index in [1.54, 1.807) is 0 Å². The Balaban J connectivity index is 1.31. The number of benzene rings is 1. The third-order valence-corrected chi connectivity index (χ3v) is 7.33. The molecule has 1 aromatic heterocycles. The first-order valence-electron chi connectivity index (χ1n) is 12.1. The highest BCUT2D eigenvalue weighted by molar-refractivity contribution is 6.00. The predicted molar refractivity (Wildman–Crippen MR) is 121 cm³/mol. The number of aliphatic hydroxyl groups excluding tert-OH is 1. The van der Waals surface area contributed by atoms with Crippen molar-refractivity contribution in [2.24, 2.45) is 0 Å². The molecule has 7 nitrogen and oxygen atoms in total. The second kappa shape index (κ2) is 9.04. The van der Waals surface area contributed by atoms with Crippen molar-refractivity contribution >= 4 is 16.9 Å². The van der Waals surface area contributed by atoms with Crippen LogP contribution in [0.15, 0.2) is 16.5 Å². The van der Waals surface area contributed by atoms with Crippen molar-refractivity contribution in [1.29, 1.82) is 0 Å². The van der Waals surface area contributed by atoms with E-state index >= 15 is 0 Å². The summed E-state index contributed by atoms with van der Waals surface area (Å²) in [5.41, 5.74) is 1.91. The van der Waals surface area contributed by atoms with Crippen LogP contribution in [-0.2, 0) is 4.74 Å². The first-order chi connectivity index (χ1) is 15.6. The molecular weight excluding hydrogens is 408 g/mol. The number of ether oxygens (including phenoxy) is 2. The number of aryl methyl sites for hydroxylation is 1. The molecule has 0 bridgehead atoms. The molecule has 1 amide bonds. The van der Waals surface area contributed by atoms with Crippen molar-refractivity contribution in [3.63, 3.8) is 0 Å². The number of nitrogens with zero attached hydrogens (tertiary/aromatic N) is 1. The zero-order valence-electron chi connectivity index (χ0n) is 19.0. The van der Waals surface area contributed by atoms with Gasteiger partial charge in [-0.25, -0.2) is 0 Å². The van der Waals surface area contributed by atoms with Gasteiger partial charge in [-0.2, -0.15) is 0 Å². The molecule has 1 aliphatic carbocycles. The predicted octanol–water partition coefficient (Wildman–Crippen LogP) is 3.71. The van der Waals surface area contributed by atoms with Gasteiger partial charge in [-0.3, -0.25) is 9.69 Å². The van der Waals surface area contributed by atoms with Crippen molar-refractivity contribution in [2.45, 2.75) is 63.6 Å². The van der Waals surface area contributed by atoms with Gasteiger partial charge in [0.25, 0.3) is 5.91 Å². The molecule has 3 heterocycles. The van der Waals surface area contributed by atoms with Crippen LogP contribution in [0.1, 0.15) is 72.7 Å². The smallest absolute Gasteiger partial charge is 0.287 e. The van der Waals surface area contributed by atoms with Crippen LogP contribution < -0.4 is 10.1 Å². The summed E-state index contributed by atoms with van der Waals surface area (Å²) in [7, 11) is 0. The third kappa shape index (κ3) is 4.14. The maximum atomic E-state index is 12.8. The average molecular weight is 443 g/mol. The van der Waals surface area contributed by atoms with Gasteiger partial charge < -0.3 is 24.3 Å². The molecule has 3 aliphatic rings. The van der Waals surface area contributed by atoms with Gasteiger partial charge >= 0.3 is 0 Å².